The summed E-state index contributed by atoms with van der Waals surface area (Å²) in [7, 11) is 0. The van der Waals surface area contributed by atoms with Crippen LogP contribution in [0.15, 0.2) is 125 Å². The summed E-state index contributed by atoms with van der Waals surface area (Å²) in [5.41, 5.74) is 4.43. The monoisotopic (exact) mass is 863 g/mol. The van der Waals surface area contributed by atoms with E-state index in [0.717, 1.165) is 53.0 Å². The molecule has 9 heteroatoms. The van der Waals surface area contributed by atoms with E-state index >= 15 is 0 Å². The number of aromatic hydroxyl groups is 2. The summed E-state index contributed by atoms with van der Waals surface area (Å²) in [5, 5.41) is 25.5. The number of benzene rings is 6. The van der Waals surface area contributed by atoms with Gasteiger partial charge in [0.2, 0.25) is 0 Å². The van der Waals surface area contributed by atoms with Crippen LogP contribution in [-0.2, 0) is 16.8 Å². The van der Waals surface area contributed by atoms with Crippen LogP contribution >= 0.6 is 63.7 Å². The van der Waals surface area contributed by atoms with Crippen molar-refractivity contribution in [3.05, 3.63) is 126 Å². The van der Waals surface area contributed by atoms with Crippen molar-refractivity contribution < 1.29 is 27.0 Å². The fourth-order valence-electron chi connectivity index (χ4n) is 4.91. The van der Waals surface area contributed by atoms with E-state index in [1.807, 2.05) is 60.7 Å². The number of hydrogen-bond acceptors (Lipinski definition) is 4. The molecule has 0 saturated carbocycles. The molecule has 0 atom stereocenters. The summed E-state index contributed by atoms with van der Waals surface area (Å²) < 4.78 is 2.79. The Hall–Kier alpha value is -2.79. The largest absolute Gasteiger partial charge is 0.506 e. The van der Waals surface area contributed by atoms with Crippen LogP contribution in [-0.4, -0.2) is 22.6 Å². The van der Waals surface area contributed by atoms with Gasteiger partial charge in [0, 0.05) is 60.4 Å². The van der Waals surface area contributed by atoms with Gasteiger partial charge >= 0.3 is 0 Å². The van der Waals surface area contributed by atoms with E-state index in [1.165, 1.54) is 0 Å². The zero-order valence-corrected chi connectivity index (χ0v) is 29.4. The van der Waals surface area contributed by atoms with E-state index in [9.17, 15) is 10.2 Å². The second-order valence-electron chi connectivity index (χ2n) is 9.53. The van der Waals surface area contributed by atoms with E-state index in [2.05, 4.69) is 88.0 Å². The van der Waals surface area contributed by atoms with Gasteiger partial charge in [-0.1, -0.05) is 92.5 Å². The molecule has 0 amide bonds. The molecular formula is C34H20Br4CoN2O2. The molecule has 0 aliphatic rings. The number of fused-ring (bicyclic) bond motifs is 2. The number of halogens is 4. The first-order valence-electron chi connectivity index (χ1n) is 12.8. The number of phenols is 2. The summed E-state index contributed by atoms with van der Waals surface area (Å²) in [5.74, 6) is 0.222. The molecule has 215 valence electrons. The van der Waals surface area contributed by atoms with E-state index in [1.54, 1.807) is 24.6 Å². The molecule has 2 N–H and O–H groups in total. The Morgan fingerprint density at radius 3 is 1.33 bits per heavy atom. The Balaban J connectivity index is 0.00000368. The van der Waals surface area contributed by atoms with Crippen molar-refractivity contribution in [2.45, 2.75) is 0 Å². The minimum atomic E-state index is 0. The Kier molecular flexibility index (Phi) is 9.90. The topological polar surface area (TPSA) is 65.2 Å². The Bertz CT molecular complexity index is 1930. The van der Waals surface area contributed by atoms with Gasteiger partial charge < -0.3 is 10.2 Å². The van der Waals surface area contributed by atoms with Crippen molar-refractivity contribution in [2.75, 3.05) is 0 Å². The van der Waals surface area contributed by atoms with Crippen molar-refractivity contribution in [1.29, 1.82) is 0 Å². The number of nitrogens with zero attached hydrogens (tertiary/aromatic N) is 2. The minimum Gasteiger partial charge on any atom is -0.506 e. The molecular weight excluding hydrogens is 847 g/mol. The van der Waals surface area contributed by atoms with E-state index in [4.69, 9.17) is 9.98 Å². The van der Waals surface area contributed by atoms with E-state index in [-0.39, 0.29) is 28.3 Å². The summed E-state index contributed by atoms with van der Waals surface area (Å²) in [4.78, 5) is 9.84. The maximum atomic E-state index is 10.7. The number of aliphatic imine (C=N–C) groups is 2. The molecule has 0 bridgehead atoms. The molecule has 0 spiro atoms. The quantitative estimate of drug-likeness (QED) is 0.170. The first-order valence-corrected chi connectivity index (χ1v) is 16.0. The van der Waals surface area contributed by atoms with E-state index in [0.29, 0.717) is 20.1 Å². The van der Waals surface area contributed by atoms with Gasteiger partial charge in [-0.25, -0.2) is 0 Å². The standard InChI is InChI=1S/C34H20Br4N2O2.Co/c35-23-13-21(33(41)27(37)15-23)17-39-29-11-9-19-5-1-3-7-25(19)31(29)32-26-8-4-2-6-20(26)10-12-30(32)40-18-22-14-24(36)16-28(38)34(22)42;/h1-18,41-42H;. The predicted molar refractivity (Wildman–Crippen MR) is 188 cm³/mol. The number of rotatable bonds is 5. The molecule has 0 aliphatic carbocycles. The Labute approximate surface area is 292 Å². The van der Waals surface area contributed by atoms with Gasteiger partial charge in [0.25, 0.3) is 0 Å². The SMILES string of the molecule is Oc1c(Br)cc(Br)cc1C=Nc1ccc2ccccc2c1-c1c(N=Cc2cc(Br)cc(Br)c2O)ccc2ccccc12.[Co]. The van der Waals surface area contributed by atoms with Crippen LogP contribution in [0.5, 0.6) is 11.5 Å². The third-order valence-electron chi connectivity index (χ3n) is 6.86. The Morgan fingerprint density at radius 2 is 0.907 bits per heavy atom. The van der Waals surface area contributed by atoms with Gasteiger partial charge in [-0.05, 0) is 89.8 Å². The molecule has 0 aromatic heterocycles. The van der Waals surface area contributed by atoms with Crippen LogP contribution in [0.1, 0.15) is 11.1 Å². The Morgan fingerprint density at radius 1 is 0.512 bits per heavy atom. The minimum absolute atomic E-state index is 0. The van der Waals surface area contributed by atoms with Crippen molar-refractivity contribution in [1.82, 2.24) is 0 Å². The van der Waals surface area contributed by atoms with Crippen LogP contribution in [0.3, 0.4) is 0 Å². The summed E-state index contributed by atoms with van der Waals surface area (Å²) >= 11 is 13.8. The van der Waals surface area contributed by atoms with Crippen molar-refractivity contribution in [3.63, 3.8) is 0 Å². The van der Waals surface area contributed by atoms with Gasteiger partial charge in [-0.2, -0.15) is 0 Å². The average Bonchev–Trinajstić information content (AvgIpc) is 2.98. The molecule has 43 heavy (non-hydrogen) atoms. The molecule has 0 heterocycles. The molecule has 0 fully saturated rings. The smallest absolute Gasteiger partial charge is 0.138 e. The fraction of sp³-hybridized carbons (Fsp3) is 0. The molecule has 6 aromatic rings. The number of phenolic OH excluding ortho intramolecular Hbond substituents is 2. The van der Waals surface area contributed by atoms with Crippen molar-refractivity contribution >= 4 is 109 Å². The van der Waals surface area contributed by atoms with Crippen LogP contribution in [0.25, 0.3) is 32.7 Å². The first-order chi connectivity index (χ1) is 20.3. The van der Waals surface area contributed by atoms with Crippen molar-refractivity contribution in [2.24, 2.45) is 9.98 Å². The average molecular weight is 867 g/mol. The zero-order chi connectivity index (χ0) is 29.4. The molecule has 1 radical (unpaired) electrons. The summed E-state index contributed by atoms with van der Waals surface area (Å²) in [6, 6.07) is 31.7. The van der Waals surface area contributed by atoms with Crippen LogP contribution in [0.2, 0.25) is 0 Å². The normalized spacial score (nSPS) is 11.5. The van der Waals surface area contributed by atoms with Crippen molar-refractivity contribution in [3.8, 4) is 22.6 Å². The second-order valence-corrected chi connectivity index (χ2v) is 13.1. The molecule has 0 aliphatic heterocycles. The van der Waals surface area contributed by atoms with Crippen LogP contribution < -0.4 is 0 Å². The predicted octanol–water partition coefficient (Wildman–Crippen LogP) is 11.6. The maximum Gasteiger partial charge on any atom is 0.138 e. The zero-order valence-electron chi connectivity index (χ0n) is 22.0. The van der Waals surface area contributed by atoms with Gasteiger partial charge in [-0.3, -0.25) is 9.98 Å². The van der Waals surface area contributed by atoms with Crippen LogP contribution in [0, 0.1) is 0 Å². The molecule has 0 unspecified atom stereocenters. The fourth-order valence-corrected chi connectivity index (χ4v) is 7.42. The molecule has 6 aromatic carbocycles. The van der Waals surface area contributed by atoms with Gasteiger partial charge in [0.15, 0.2) is 0 Å². The molecule has 6 rings (SSSR count). The summed E-state index contributed by atoms with van der Waals surface area (Å²) in [6.07, 6.45) is 3.34. The van der Waals surface area contributed by atoms with Gasteiger partial charge in [0.1, 0.15) is 11.5 Å². The molecule has 4 nitrogen and oxygen atoms in total. The number of hydrogen-bond donors (Lipinski definition) is 2. The van der Waals surface area contributed by atoms with Gasteiger partial charge in [0.05, 0.1) is 20.3 Å². The van der Waals surface area contributed by atoms with Gasteiger partial charge in [-0.15, -0.1) is 0 Å². The third kappa shape index (κ3) is 6.52. The molecule has 0 saturated heterocycles. The third-order valence-corrected chi connectivity index (χ3v) is 8.99. The first kappa shape index (κ1) is 31.6. The maximum absolute atomic E-state index is 10.7. The van der Waals surface area contributed by atoms with Crippen LogP contribution in [0.4, 0.5) is 11.4 Å². The summed E-state index contributed by atoms with van der Waals surface area (Å²) in [6.45, 7) is 0. The second kappa shape index (κ2) is 13.5. The van der Waals surface area contributed by atoms with E-state index < -0.39 is 0 Å².